The fourth-order valence-corrected chi connectivity index (χ4v) is 2.45. The average Bonchev–Trinajstić information content (AvgIpc) is 2.59. The first kappa shape index (κ1) is 16.6. The fourth-order valence-electron chi connectivity index (χ4n) is 2.18. The van der Waals surface area contributed by atoms with E-state index in [1.54, 1.807) is 18.3 Å². The third kappa shape index (κ3) is 3.63. The van der Waals surface area contributed by atoms with Crippen LogP contribution in [0.15, 0.2) is 48.9 Å². The summed E-state index contributed by atoms with van der Waals surface area (Å²) < 4.78 is 27.5. The van der Waals surface area contributed by atoms with Crippen LogP contribution in [0.2, 0.25) is 10.2 Å². The lowest BCUT2D eigenvalue weighted by Gasteiger charge is -2.09. The topological polar surface area (TPSA) is 37.8 Å². The van der Waals surface area contributed by atoms with Crippen LogP contribution >= 0.6 is 23.2 Å². The quantitative estimate of drug-likeness (QED) is 0.634. The van der Waals surface area contributed by atoms with E-state index < -0.39 is 11.6 Å². The van der Waals surface area contributed by atoms with Gasteiger partial charge in [0, 0.05) is 36.3 Å². The molecule has 0 aliphatic carbocycles. The van der Waals surface area contributed by atoms with E-state index in [0.29, 0.717) is 23.4 Å². The molecule has 0 saturated carbocycles. The molecule has 0 radical (unpaired) electrons. The first-order valence-electron chi connectivity index (χ1n) is 6.98. The first-order chi connectivity index (χ1) is 11.5. The van der Waals surface area contributed by atoms with Crippen LogP contribution in [0.5, 0.6) is 0 Å². The molecular formula is C17H11Cl2F2N3. The number of nitrogens with one attached hydrogen (secondary N) is 1. The predicted molar refractivity (Wildman–Crippen MR) is 91.2 cm³/mol. The lowest BCUT2D eigenvalue weighted by molar-refractivity contribution is 0.625. The summed E-state index contributed by atoms with van der Waals surface area (Å²) in [6.45, 7) is 0.374. The lowest BCUT2D eigenvalue weighted by Crippen LogP contribution is -2.01. The number of aromatic nitrogens is 2. The van der Waals surface area contributed by atoms with Gasteiger partial charge in [0.1, 0.15) is 5.82 Å². The van der Waals surface area contributed by atoms with Gasteiger partial charge >= 0.3 is 0 Å². The standard InChI is InChI=1S/C17H11Cl2F2N3/c18-14-2-1-10(5-15(14)20)7-24-12-6-11(8-22-9-12)13-3-4-23-17(19)16(13)21/h1-6,8-9,24H,7H2. The largest absolute Gasteiger partial charge is 0.380 e. The normalized spacial score (nSPS) is 10.7. The van der Waals surface area contributed by atoms with Crippen molar-refractivity contribution in [1.29, 1.82) is 0 Å². The molecule has 0 aliphatic rings. The SMILES string of the molecule is Fc1cc(CNc2cncc(-c3ccnc(Cl)c3F)c2)ccc1Cl. The van der Waals surface area contributed by atoms with E-state index in [2.05, 4.69) is 15.3 Å². The second-order valence-electron chi connectivity index (χ2n) is 5.03. The molecule has 122 valence electrons. The van der Waals surface area contributed by atoms with Gasteiger partial charge in [-0.05, 0) is 29.8 Å². The summed E-state index contributed by atoms with van der Waals surface area (Å²) in [4.78, 5) is 7.77. The number of anilines is 1. The Kier molecular flexibility index (Phi) is 4.92. The van der Waals surface area contributed by atoms with Gasteiger partial charge in [-0.25, -0.2) is 13.8 Å². The number of benzene rings is 1. The van der Waals surface area contributed by atoms with E-state index in [1.165, 1.54) is 30.6 Å². The fraction of sp³-hybridized carbons (Fsp3) is 0.0588. The van der Waals surface area contributed by atoms with Crippen molar-refractivity contribution < 1.29 is 8.78 Å². The zero-order valence-electron chi connectivity index (χ0n) is 12.2. The third-order valence-electron chi connectivity index (χ3n) is 3.38. The van der Waals surface area contributed by atoms with E-state index in [0.717, 1.165) is 5.56 Å². The molecule has 0 aliphatic heterocycles. The lowest BCUT2D eigenvalue weighted by atomic mass is 10.1. The van der Waals surface area contributed by atoms with Gasteiger partial charge in [0.15, 0.2) is 11.0 Å². The van der Waals surface area contributed by atoms with Gasteiger partial charge in [0.25, 0.3) is 0 Å². The van der Waals surface area contributed by atoms with Gasteiger partial charge in [0.05, 0.1) is 10.7 Å². The summed E-state index contributed by atoms with van der Waals surface area (Å²) in [5.41, 5.74) is 2.25. The highest BCUT2D eigenvalue weighted by Gasteiger charge is 2.10. The van der Waals surface area contributed by atoms with E-state index >= 15 is 0 Å². The Hall–Kier alpha value is -2.24. The van der Waals surface area contributed by atoms with E-state index in [9.17, 15) is 8.78 Å². The average molecular weight is 366 g/mol. The minimum Gasteiger partial charge on any atom is -0.380 e. The second kappa shape index (κ2) is 7.11. The summed E-state index contributed by atoms with van der Waals surface area (Å²) in [6.07, 6.45) is 4.55. The Morgan fingerprint density at radius 1 is 1.04 bits per heavy atom. The van der Waals surface area contributed by atoms with Crippen LogP contribution in [-0.2, 0) is 6.54 Å². The van der Waals surface area contributed by atoms with Crippen LogP contribution in [0, 0.1) is 11.6 Å². The smallest absolute Gasteiger partial charge is 0.168 e. The molecular weight excluding hydrogens is 355 g/mol. The van der Waals surface area contributed by atoms with Crippen molar-refractivity contribution in [3.05, 3.63) is 76.3 Å². The maximum absolute atomic E-state index is 14.1. The van der Waals surface area contributed by atoms with Crippen LogP contribution in [0.25, 0.3) is 11.1 Å². The van der Waals surface area contributed by atoms with Gasteiger partial charge in [-0.15, -0.1) is 0 Å². The molecule has 0 spiro atoms. The summed E-state index contributed by atoms with van der Waals surface area (Å²) in [6, 6.07) is 7.83. The van der Waals surface area contributed by atoms with Crippen LogP contribution in [-0.4, -0.2) is 9.97 Å². The van der Waals surface area contributed by atoms with Crippen LogP contribution < -0.4 is 5.32 Å². The molecule has 1 N–H and O–H groups in total. The minimum absolute atomic E-state index is 0.0763. The summed E-state index contributed by atoms with van der Waals surface area (Å²) >= 11 is 11.4. The Labute approximate surface area is 147 Å². The summed E-state index contributed by atoms with van der Waals surface area (Å²) in [7, 11) is 0. The predicted octanol–water partition coefficient (Wildman–Crippen LogP) is 5.34. The van der Waals surface area contributed by atoms with Crippen molar-refractivity contribution >= 4 is 28.9 Å². The Balaban J connectivity index is 1.80. The molecule has 0 fully saturated rings. The van der Waals surface area contributed by atoms with Crippen molar-refractivity contribution in [3.63, 3.8) is 0 Å². The summed E-state index contributed by atoms with van der Waals surface area (Å²) in [5.74, 6) is -1.07. The first-order valence-corrected chi connectivity index (χ1v) is 7.73. The molecule has 2 aromatic heterocycles. The second-order valence-corrected chi connectivity index (χ2v) is 5.79. The number of halogens is 4. The number of pyridine rings is 2. The highest BCUT2D eigenvalue weighted by atomic mass is 35.5. The molecule has 3 rings (SSSR count). The van der Waals surface area contributed by atoms with E-state index in [1.807, 2.05) is 0 Å². The minimum atomic E-state index is -0.599. The Morgan fingerprint density at radius 2 is 1.88 bits per heavy atom. The molecule has 3 aromatic rings. The van der Waals surface area contributed by atoms with Crippen LogP contribution in [0.1, 0.15) is 5.56 Å². The molecule has 0 amide bonds. The highest BCUT2D eigenvalue weighted by molar-refractivity contribution is 6.30. The van der Waals surface area contributed by atoms with Gasteiger partial charge < -0.3 is 5.32 Å². The number of hydrogen-bond donors (Lipinski definition) is 1. The third-order valence-corrected chi connectivity index (χ3v) is 3.95. The monoisotopic (exact) mass is 365 g/mol. The maximum Gasteiger partial charge on any atom is 0.168 e. The summed E-state index contributed by atoms with van der Waals surface area (Å²) in [5, 5.41) is 2.99. The van der Waals surface area contributed by atoms with Crippen molar-refractivity contribution in [2.45, 2.75) is 6.54 Å². The molecule has 0 saturated heterocycles. The van der Waals surface area contributed by atoms with Crippen molar-refractivity contribution in [2.24, 2.45) is 0 Å². The number of nitrogens with zero attached hydrogens (tertiary/aromatic N) is 2. The molecule has 1 aromatic carbocycles. The van der Waals surface area contributed by atoms with Crippen molar-refractivity contribution in [3.8, 4) is 11.1 Å². The van der Waals surface area contributed by atoms with E-state index in [-0.39, 0.29) is 10.2 Å². The molecule has 3 nitrogen and oxygen atoms in total. The van der Waals surface area contributed by atoms with Gasteiger partial charge in [-0.1, -0.05) is 29.3 Å². The van der Waals surface area contributed by atoms with Crippen molar-refractivity contribution in [1.82, 2.24) is 9.97 Å². The van der Waals surface area contributed by atoms with Gasteiger partial charge in [0.2, 0.25) is 0 Å². The van der Waals surface area contributed by atoms with Gasteiger partial charge in [-0.3, -0.25) is 4.98 Å². The number of hydrogen-bond acceptors (Lipinski definition) is 3. The zero-order chi connectivity index (χ0) is 17.1. The van der Waals surface area contributed by atoms with E-state index in [4.69, 9.17) is 23.2 Å². The Bertz CT molecular complexity index is 887. The molecule has 24 heavy (non-hydrogen) atoms. The van der Waals surface area contributed by atoms with Crippen LogP contribution in [0.3, 0.4) is 0 Å². The van der Waals surface area contributed by atoms with Crippen LogP contribution in [0.4, 0.5) is 14.5 Å². The molecule has 2 heterocycles. The molecule has 0 bridgehead atoms. The zero-order valence-corrected chi connectivity index (χ0v) is 13.7. The maximum atomic E-state index is 14.1. The molecule has 0 atom stereocenters. The van der Waals surface area contributed by atoms with Crippen molar-refractivity contribution in [2.75, 3.05) is 5.32 Å². The molecule has 0 unspecified atom stereocenters. The molecule has 7 heteroatoms. The highest BCUT2D eigenvalue weighted by Crippen LogP contribution is 2.27. The van der Waals surface area contributed by atoms with Gasteiger partial charge in [-0.2, -0.15) is 0 Å². The number of rotatable bonds is 4. The Morgan fingerprint density at radius 3 is 2.67 bits per heavy atom.